The van der Waals surface area contributed by atoms with Crippen molar-refractivity contribution in [3.05, 3.63) is 22.7 Å². The van der Waals surface area contributed by atoms with Gasteiger partial charge in [-0.25, -0.2) is 0 Å². The molecule has 0 unspecified atom stereocenters. The first-order valence-electron chi connectivity index (χ1n) is 6.81. The van der Waals surface area contributed by atoms with E-state index in [1.807, 2.05) is 39.0 Å². The first-order valence-corrected chi connectivity index (χ1v) is 7.60. The minimum Gasteiger partial charge on any atom is -0.459 e. The largest absolute Gasteiger partial charge is 0.459 e. The number of benzene rings is 1. The van der Waals surface area contributed by atoms with Crippen LogP contribution in [0.15, 0.2) is 22.7 Å². The highest BCUT2D eigenvalue weighted by atomic mass is 79.9. The molecule has 6 nitrogen and oxygen atoms in total. The quantitative estimate of drug-likeness (QED) is 0.845. The van der Waals surface area contributed by atoms with Crippen molar-refractivity contribution in [3.63, 3.8) is 0 Å². The van der Waals surface area contributed by atoms with Gasteiger partial charge in [0.25, 0.3) is 0 Å². The zero-order chi connectivity index (χ0) is 16.5. The number of nitrogens with zero attached hydrogens (tertiary/aromatic N) is 2. The van der Waals surface area contributed by atoms with Crippen molar-refractivity contribution in [1.82, 2.24) is 9.78 Å². The fraction of sp³-hybridized carbons (Fsp3) is 0.400. The summed E-state index contributed by atoms with van der Waals surface area (Å²) in [4.78, 5) is 23.3. The van der Waals surface area contributed by atoms with Crippen molar-refractivity contribution in [3.8, 4) is 0 Å². The summed E-state index contributed by atoms with van der Waals surface area (Å²) in [5.74, 6) is -0.176. The van der Waals surface area contributed by atoms with Crippen LogP contribution in [0.1, 0.15) is 27.7 Å². The highest BCUT2D eigenvalue weighted by Crippen LogP contribution is 2.26. The van der Waals surface area contributed by atoms with Crippen molar-refractivity contribution in [2.45, 2.75) is 39.8 Å². The molecule has 1 aromatic heterocycles. The van der Waals surface area contributed by atoms with Gasteiger partial charge in [0.1, 0.15) is 12.1 Å². The van der Waals surface area contributed by atoms with E-state index in [1.165, 1.54) is 11.6 Å². The maximum absolute atomic E-state index is 12.0. The van der Waals surface area contributed by atoms with E-state index in [2.05, 4.69) is 26.3 Å². The maximum atomic E-state index is 12.0. The molecule has 1 heterocycles. The molecule has 7 heteroatoms. The molecule has 2 rings (SSSR count). The van der Waals surface area contributed by atoms with E-state index >= 15 is 0 Å². The Hall–Kier alpha value is -1.89. The number of nitrogens with one attached hydrogen (secondary N) is 1. The van der Waals surface area contributed by atoms with E-state index in [9.17, 15) is 9.59 Å². The first kappa shape index (κ1) is 16.5. The molecule has 0 fully saturated rings. The summed E-state index contributed by atoms with van der Waals surface area (Å²) < 4.78 is 7.70. The molecule has 0 atom stereocenters. The average Bonchev–Trinajstić information content (AvgIpc) is 2.63. The van der Waals surface area contributed by atoms with E-state index in [1.54, 1.807) is 0 Å². The van der Waals surface area contributed by atoms with Crippen molar-refractivity contribution in [2.24, 2.45) is 0 Å². The van der Waals surface area contributed by atoms with Crippen LogP contribution in [0.3, 0.4) is 0 Å². The van der Waals surface area contributed by atoms with Crippen LogP contribution in [0.2, 0.25) is 0 Å². The number of esters is 1. The molecule has 1 amide bonds. The maximum Gasteiger partial charge on any atom is 0.328 e. The third-order valence-corrected chi connectivity index (χ3v) is 3.20. The lowest BCUT2D eigenvalue weighted by atomic mass is 10.2. The van der Waals surface area contributed by atoms with Crippen LogP contribution in [0.5, 0.6) is 0 Å². The number of aromatic nitrogens is 2. The predicted octanol–water partition coefficient (Wildman–Crippen LogP) is 3.10. The van der Waals surface area contributed by atoms with E-state index in [0.29, 0.717) is 5.82 Å². The second-order valence-corrected chi connectivity index (χ2v) is 6.85. The number of rotatable bonds is 3. The van der Waals surface area contributed by atoms with Gasteiger partial charge < -0.3 is 10.1 Å². The molecule has 1 N–H and O–H groups in total. The number of ether oxygens (including phenoxy) is 1. The second kappa shape index (κ2) is 6.08. The third kappa shape index (κ3) is 4.07. The standard InChI is InChI=1S/C15H18BrN3O3/c1-9(20)17-14-11-7-10(16)5-6-12(11)19(18-14)8-13(21)22-15(2,3)4/h5-7H,8H2,1-4H3,(H,17,18,20). The predicted molar refractivity (Wildman–Crippen MR) is 87.6 cm³/mol. The zero-order valence-electron chi connectivity index (χ0n) is 12.9. The Kier molecular flexibility index (Phi) is 4.55. The first-order chi connectivity index (χ1) is 10.2. The van der Waals surface area contributed by atoms with Crippen molar-refractivity contribution in [1.29, 1.82) is 0 Å². The van der Waals surface area contributed by atoms with Gasteiger partial charge in [-0.15, -0.1) is 0 Å². The average molecular weight is 368 g/mol. The smallest absolute Gasteiger partial charge is 0.328 e. The molecular formula is C15H18BrN3O3. The van der Waals surface area contributed by atoms with E-state index < -0.39 is 5.60 Å². The number of amides is 1. The van der Waals surface area contributed by atoms with Crippen LogP contribution in [0.25, 0.3) is 10.9 Å². The number of halogens is 1. The normalized spacial score (nSPS) is 11.5. The molecule has 2 aromatic rings. The van der Waals surface area contributed by atoms with E-state index in [-0.39, 0.29) is 18.4 Å². The molecule has 0 aliphatic rings. The lowest BCUT2D eigenvalue weighted by Gasteiger charge is -2.19. The van der Waals surface area contributed by atoms with Crippen LogP contribution < -0.4 is 5.32 Å². The highest BCUT2D eigenvalue weighted by Gasteiger charge is 2.19. The van der Waals surface area contributed by atoms with Gasteiger partial charge in [-0.1, -0.05) is 15.9 Å². The zero-order valence-corrected chi connectivity index (χ0v) is 14.5. The lowest BCUT2D eigenvalue weighted by Crippen LogP contribution is -2.26. The summed E-state index contributed by atoms with van der Waals surface area (Å²) in [6.07, 6.45) is 0. The second-order valence-electron chi connectivity index (χ2n) is 5.94. The molecule has 22 heavy (non-hydrogen) atoms. The van der Waals surface area contributed by atoms with Gasteiger partial charge in [0.2, 0.25) is 5.91 Å². The van der Waals surface area contributed by atoms with Gasteiger partial charge in [-0.2, -0.15) is 5.10 Å². The van der Waals surface area contributed by atoms with Gasteiger partial charge in [0, 0.05) is 16.8 Å². The number of carbonyl (C=O) groups is 2. The minimum absolute atomic E-state index is 0.0189. The Morgan fingerprint density at radius 3 is 2.64 bits per heavy atom. The number of carbonyl (C=O) groups excluding carboxylic acids is 2. The van der Waals surface area contributed by atoms with Crippen LogP contribution in [-0.4, -0.2) is 27.3 Å². The summed E-state index contributed by atoms with van der Waals surface area (Å²) in [7, 11) is 0. The molecule has 0 radical (unpaired) electrons. The monoisotopic (exact) mass is 367 g/mol. The fourth-order valence-electron chi connectivity index (χ4n) is 2.03. The molecular weight excluding hydrogens is 350 g/mol. The Balaban J connectivity index is 2.37. The van der Waals surface area contributed by atoms with E-state index in [4.69, 9.17) is 4.74 Å². The summed E-state index contributed by atoms with van der Waals surface area (Å²) >= 11 is 3.39. The lowest BCUT2D eigenvalue weighted by molar-refractivity contribution is -0.155. The third-order valence-electron chi connectivity index (χ3n) is 2.71. The summed E-state index contributed by atoms with van der Waals surface area (Å²) in [6, 6.07) is 5.54. The molecule has 0 aliphatic heterocycles. The Morgan fingerprint density at radius 2 is 2.05 bits per heavy atom. The van der Waals surface area contributed by atoms with Crippen molar-refractivity contribution < 1.29 is 14.3 Å². The van der Waals surface area contributed by atoms with Gasteiger partial charge in [-0.3, -0.25) is 14.3 Å². The van der Waals surface area contributed by atoms with Crippen molar-refractivity contribution in [2.75, 3.05) is 5.32 Å². The molecule has 0 aliphatic carbocycles. The van der Waals surface area contributed by atoms with Crippen LogP contribution >= 0.6 is 15.9 Å². The van der Waals surface area contributed by atoms with Gasteiger partial charge in [0.15, 0.2) is 5.82 Å². The van der Waals surface area contributed by atoms with Crippen molar-refractivity contribution >= 4 is 44.5 Å². The Labute approximate surface area is 136 Å². The van der Waals surface area contributed by atoms with Gasteiger partial charge >= 0.3 is 5.97 Å². The molecule has 0 spiro atoms. The molecule has 1 aromatic carbocycles. The number of hydrogen-bond acceptors (Lipinski definition) is 4. The van der Waals surface area contributed by atoms with Gasteiger partial charge in [-0.05, 0) is 39.0 Å². The van der Waals surface area contributed by atoms with Gasteiger partial charge in [0.05, 0.1) is 5.52 Å². The molecule has 0 saturated carbocycles. The van der Waals surface area contributed by atoms with Crippen LogP contribution in [0, 0.1) is 0 Å². The number of anilines is 1. The van der Waals surface area contributed by atoms with Crippen LogP contribution in [0.4, 0.5) is 5.82 Å². The molecule has 0 bridgehead atoms. The summed E-state index contributed by atoms with van der Waals surface area (Å²) in [5.41, 5.74) is 0.196. The Bertz CT molecular complexity index is 731. The van der Waals surface area contributed by atoms with Crippen LogP contribution in [-0.2, 0) is 20.9 Å². The Morgan fingerprint density at radius 1 is 1.36 bits per heavy atom. The molecule has 118 valence electrons. The minimum atomic E-state index is -0.552. The fourth-order valence-corrected chi connectivity index (χ4v) is 2.39. The van der Waals surface area contributed by atoms with E-state index in [0.717, 1.165) is 15.4 Å². The number of hydrogen-bond donors (Lipinski definition) is 1. The number of fused-ring (bicyclic) bond motifs is 1. The molecule has 0 saturated heterocycles. The summed E-state index contributed by atoms with van der Waals surface area (Å²) in [6.45, 7) is 6.83. The highest BCUT2D eigenvalue weighted by molar-refractivity contribution is 9.10. The SMILES string of the molecule is CC(=O)Nc1nn(CC(=O)OC(C)(C)C)c2ccc(Br)cc12. The topological polar surface area (TPSA) is 73.2 Å². The summed E-state index contributed by atoms with van der Waals surface area (Å²) in [5, 5.41) is 7.73.